The molecule has 0 aromatic carbocycles. The molecule has 0 unspecified atom stereocenters. The van der Waals surface area contributed by atoms with Gasteiger partial charge in [0, 0.05) is 6.04 Å². The third-order valence-electron chi connectivity index (χ3n) is 3.39. The first-order chi connectivity index (χ1) is 6.47. The summed E-state index contributed by atoms with van der Waals surface area (Å²) < 4.78 is 0. The highest BCUT2D eigenvalue weighted by Gasteiger charge is 2.19. The summed E-state index contributed by atoms with van der Waals surface area (Å²) in [6.45, 7) is 2.70. The molecule has 0 aliphatic carbocycles. The van der Waals surface area contributed by atoms with Crippen LogP contribution >= 0.6 is 0 Å². The van der Waals surface area contributed by atoms with E-state index in [-0.39, 0.29) is 0 Å². The Labute approximate surface area is 81.8 Å². The maximum Gasteiger partial charge on any atom is 0.0130 e. The van der Waals surface area contributed by atoms with Gasteiger partial charge in [0.2, 0.25) is 0 Å². The molecule has 0 spiro atoms. The van der Waals surface area contributed by atoms with E-state index >= 15 is 0 Å². The van der Waals surface area contributed by atoms with E-state index < -0.39 is 0 Å². The van der Waals surface area contributed by atoms with Crippen LogP contribution in [0.25, 0.3) is 0 Å². The van der Waals surface area contributed by atoms with E-state index in [1.165, 1.54) is 58.0 Å². The topological polar surface area (TPSA) is 3.24 Å². The highest BCUT2D eigenvalue weighted by atomic mass is 15.1. The maximum atomic E-state index is 2.73. The van der Waals surface area contributed by atoms with Crippen molar-refractivity contribution in [2.45, 2.75) is 51.0 Å². The molecule has 1 nitrogen and oxygen atoms in total. The molecule has 1 saturated heterocycles. The molecule has 0 N–H and O–H groups in total. The van der Waals surface area contributed by atoms with Gasteiger partial charge >= 0.3 is 0 Å². The van der Waals surface area contributed by atoms with Gasteiger partial charge in [-0.3, -0.25) is 0 Å². The van der Waals surface area contributed by atoms with Gasteiger partial charge in [0.15, 0.2) is 0 Å². The minimum atomic E-state index is 0.874. The lowest BCUT2D eigenvalue weighted by Crippen LogP contribution is -2.35. The second-order valence-electron chi connectivity index (χ2n) is 4.39. The van der Waals surface area contributed by atoms with Crippen molar-refractivity contribution in [1.29, 1.82) is 0 Å². The Kier molecular flexibility index (Phi) is 3.42. The third-order valence-corrected chi connectivity index (χ3v) is 3.39. The standard InChI is InChI=1S/C12H21N/c1-2-6-10-13-11-7-3-5-9-12(13)8-4-1/h1,4,12H,2-3,5-11H2/b4-1-/t12-/m1/s1. The van der Waals surface area contributed by atoms with Gasteiger partial charge in [-0.05, 0) is 45.2 Å². The van der Waals surface area contributed by atoms with Crippen molar-refractivity contribution < 1.29 is 0 Å². The summed E-state index contributed by atoms with van der Waals surface area (Å²) in [7, 11) is 0. The minimum Gasteiger partial charge on any atom is -0.300 e. The summed E-state index contributed by atoms with van der Waals surface area (Å²) in [5, 5.41) is 0. The van der Waals surface area contributed by atoms with E-state index in [4.69, 9.17) is 0 Å². The van der Waals surface area contributed by atoms with E-state index in [9.17, 15) is 0 Å². The smallest absolute Gasteiger partial charge is 0.0130 e. The van der Waals surface area contributed by atoms with E-state index in [1.807, 2.05) is 0 Å². The Morgan fingerprint density at radius 1 is 0.923 bits per heavy atom. The molecule has 13 heavy (non-hydrogen) atoms. The fraction of sp³-hybridized carbons (Fsp3) is 0.833. The van der Waals surface area contributed by atoms with Crippen molar-refractivity contribution in [2.24, 2.45) is 0 Å². The summed E-state index contributed by atoms with van der Waals surface area (Å²) in [5.41, 5.74) is 0. The van der Waals surface area contributed by atoms with E-state index in [0.29, 0.717) is 0 Å². The molecule has 1 atom stereocenters. The molecule has 2 heterocycles. The quantitative estimate of drug-likeness (QED) is 0.517. The van der Waals surface area contributed by atoms with Crippen molar-refractivity contribution in [3.8, 4) is 0 Å². The predicted octanol–water partition coefficient (Wildman–Crippen LogP) is 2.97. The lowest BCUT2D eigenvalue weighted by atomic mass is 10.0. The van der Waals surface area contributed by atoms with Crippen LogP contribution in [0.3, 0.4) is 0 Å². The van der Waals surface area contributed by atoms with Crippen LogP contribution < -0.4 is 0 Å². The highest BCUT2D eigenvalue weighted by Crippen LogP contribution is 2.21. The molecule has 0 radical (unpaired) electrons. The Morgan fingerprint density at radius 2 is 1.85 bits per heavy atom. The van der Waals surface area contributed by atoms with E-state index in [1.54, 1.807) is 0 Å². The molecule has 2 aliphatic heterocycles. The normalized spacial score (nSPS) is 34.0. The summed E-state index contributed by atoms with van der Waals surface area (Å²) in [4.78, 5) is 2.73. The minimum absolute atomic E-state index is 0.874. The number of allylic oxidation sites excluding steroid dienone is 1. The monoisotopic (exact) mass is 179 g/mol. The summed E-state index contributed by atoms with van der Waals surface area (Å²) in [6.07, 6.45) is 14.5. The van der Waals surface area contributed by atoms with E-state index in [2.05, 4.69) is 17.1 Å². The van der Waals surface area contributed by atoms with Crippen LogP contribution in [0.5, 0.6) is 0 Å². The van der Waals surface area contributed by atoms with Crippen molar-refractivity contribution in [3.05, 3.63) is 12.2 Å². The number of rotatable bonds is 0. The van der Waals surface area contributed by atoms with Gasteiger partial charge in [-0.25, -0.2) is 0 Å². The number of fused-ring (bicyclic) bond motifs is 1. The third kappa shape index (κ3) is 2.57. The molecule has 2 aliphatic rings. The Morgan fingerprint density at radius 3 is 2.85 bits per heavy atom. The summed E-state index contributed by atoms with van der Waals surface area (Å²) >= 11 is 0. The summed E-state index contributed by atoms with van der Waals surface area (Å²) in [5.74, 6) is 0. The molecule has 0 aromatic rings. The Balaban J connectivity index is 1.98. The highest BCUT2D eigenvalue weighted by molar-refractivity contribution is 4.91. The molecule has 0 saturated carbocycles. The lowest BCUT2D eigenvalue weighted by molar-refractivity contribution is 0.196. The number of nitrogens with zero attached hydrogens (tertiary/aromatic N) is 1. The predicted molar refractivity (Wildman–Crippen MR) is 56.8 cm³/mol. The number of hydrogen-bond donors (Lipinski definition) is 0. The van der Waals surface area contributed by atoms with Crippen molar-refractivity contribution in [1.82, 2.24) is 4.90 Å². The van der Waals surface area contributed by atoms with Gasteiger partial charge < -0.3 is 4.90 Å². The second-order valence-corrected chi connectivity index (χ2v) is 4.39. The molecule has 74 valence electrons. The molecular formula is C12H21N. The zero-order valence-electron chi connectivity index (χ0n) is 8.54. The van der Waals surface area contributed by atoms with Gasteiger partial charge in [0.05, 0.1) is 0 Å². The van der Waals surface area contributed by atoms with Crippen LogP contribution in [-0.4, -0.2) is 24.0 Å². The molecule has 0 aromatic heterocycles. The van der Waals surface area contributed by atoms with Gasteiger partial charge in [0.25, 0.3) is 0 Å². The fourth-order valence-corrected chi connectivity index (χ4v) is 2.58. The lowest BCUT2D eigenvalue weighted by Gasteiger charge is -2.30. The molecule has 2 rings (SSSR count). The van der Waals surface area contributed by atoms with Crippen molar-refractivity contribution in [2.75, 3.05) is 13.1 Å². The Bertz CT molecular complexity index is 174. The zero-order chi connectivity index (χ0) is 8.93. The maximum absolute atomic E-state index is 2.73. The molecule has 1 heteroatoms. The van der Waals surface area contributed by atoms with Crippen molar-refractivity contribution in [3.63, 3.8) is 0 Å². The van der Waals surface area contributed by atoms with Crippen LogP contribution in [0, 0.1) is 0 Å². The molecule has 0 amide bonds. The fourth-order valence-electron chi connectivity index (χ4n) is 2.58. The van der Waals surface area contributed by atoms with Gasteiger partial charge in [-0.1, -0.05) is 25.0 Å². The SMILES string of the molecule is C1=C\C[C@@H]2CCCCCN2CCC/1. The van der Waals surface area contributed by atoms with Crippen LogP contribution in [0.2, 0.25) is 0 Å². The average molecular weight is 179 g/mol. The molecular weight excluding hydrogens is 158 g/mol. The van der Waals surface area contributed by atoms with Crippen LogP contribution in [0.1, 0.15) is 44.9 Å². The van der Waals surface area contributed by atoms with Crippen LogP contribution in [0.4, 0.5) is 0 Å². The number of hydrogen-bond acceptors (Lipinski definition) is 1. The second kappa shape index (κ2) is 4.80. The first-order valence-electron chi connectivity index (χ1n) is 5.86. The van der Waals surface area contributed by atoms with Crippen LogP contribution in [0.15, 0.2) is 12.2 Å². The first kappa shape index (κ1) is 9.26. The summed E-state index contributed by atoms with van der Waals surface area (Å²) in [6, 6.07) is 0.874. The van der Waals surface area contributed by atoms with Crippen LogP contribution in [-0.2, 0) is 0 Å². The van der Waals surface area contributed by atoms with Gasteiger partial charge in [-0.15, -0.1) is 0 Å². The zero-order valence-corrected chi connectivity index (χ0v) is 8.54. The molecule has 1 fully saturated rings. The van der Waals surface area contributed by atoms with E-state index in [0.717, 1.165) is 6.04 Å². The largest absolute Gasteiger partial charge is 0.300 e. The Hall–Kier alpha value is -0.300. The van der Waals surface area contributed by atoms with Gasteiger partial charge in [-0.2, -0.15) is 0 Å². The van der Waals surface area contributed by atoms with Crippen molar-refractivity contribution >= 4 is 0 Å². The average Bonchev–Trinajstić information content (AvgIpc) is 2.30. The molecule has 0 bridgehead atoms. The first-order valence-corrected chi connectivity index (χ1v) is 5.86. The van der Waals surface area contributed by atoms with Gasteiger partial charge in [0.1, 0.15) is 0 Å².